The van der Waals surface area contributed by atoms with Crippen LogP contribution in [-0.2, 0) is 12.8 Å². The first-order chi connectivity index (χ1) is 8.65. The van der Waals surface area contributed by atoms with Gasteiger partial charge in [0.05, 0.1) is 0 Å². The molecule has 1 N–H and O–H groups in total. The van der Waals surface area contributed by atoms with Crippen LogP contribution < -0.4 is 5.32 Å². The molecule has 0 saturated heterocycles. The Morgan fingerprint density at radius 1 is 1.33 bits per heavy atom. The van der Waals surface area contributed by atoms with E-state index in [9.17, 15) is 0 Å². The Bertz CT molecular complexity index is 387. The van der Waals surface area contributed by atoms with E-state index >= 15 is 0 Å². The molecule has 0 aliphatic heterocycles. The summed E-state index contributed by atoms with van der Waals surface area (Å²) in [6.45, 7) is 5.78. The van der Waals surface area contributed by atoms with E-state index in [4.69, 9.17) is 0 Å². The van der Waals surface area contributed by atoms with Crippen molar-refractivity contribution in [1.29, 1.82) is 0 Å². The standard InChI is InChI=1S/C16H24BrN/c1-12(2)4-3-9-18-16-8-6-13-10-15(17)7-5-14(13)11-16/h5,7,10,12,16,18H,3-4,6,8-9,11H2,1-2H3. The van der Waals surface area contributed by atoms with E-state index in [0.29, 0.717) is 6.04 Å². The molecule has 0 bridgehead atoms. The van der Waals surface area contributed by atoms with Crippen molar-refractivity contribution < 1.29 is 0 Å². The van der Waals surface area contributed by atoms with Crippen molar-refractivity contribution in [3.05, 3.63) is 33.8 Å². The Kier molecular flexibility index (Phi) is 5.25. The molecule has 1 nitrogen and oxygen atoms in total. The summed E-state index contributed by atoms with van der Waals surface area (Å²) < 4.78 is 1.21. The first-order valence-corrected chi connectivity index (χ1v) is 7.95. The first kappa shape index (κ1) is 14.1. The van der Waals surface area contributed by atoms with Crippen LogP contribution in [0.2, 0.25) is 0 Å². The van der Waals surface area contributed by atoms with Gasteiger partial charge in [-0.1, -0.05) is 35.8 Å². The highest BCUT2D eigenvalue weighted by Crippen LogP contribution is 2.24. The largest absolute Gasteiger partial charge is 0.314 e. The molecule has 1 aromatic rings. The molecule has 0 aromatic heterocycles. The summed E-state index contributed by atoms with van der Waals surface area (Å²) in [7, 11) is 0. The maximum absolute atomic E-state index is 3.72. The van der Waals surface area contributed by atoms with E-state index < -0.39 is 0 Å². The minimum atomic E-state index is 0.686. The molecule has 0 fully saturated rings. The lowest BCUT2D eigenvalue weighted by molar-refractivity contribution is 0.436. The summed E-state index contributed by atoms with van der Waals surface area (Å²) >= 11 is 3.55. The lowest BCUT2D eigenvalue weighted by atomic mass is 9.88. The van der Waals surface area contributed by atoms with Crippen LogP contribution >= 0.6 is 15.9 Å². The molecule has 0 heterocycles. The van der Waals surface area contributed by atoms with Gasteiger partial charge in [0.1, 0.15) is 0 Å². The van der Waals surface area contributed by atoms with Crippen LogP contribution in [0.5, 0.6) is 0 Å². The van der Waals surface area contributed by atoms with Crippen LogP contribution in [0.25, 0.3) is 0 Å². The highest BCUT2D eigenvalue weighted by Gasteiger charge is 2.17. The Morgan fingerprint density at radius 3 is 2.94 bits per heavy atom. The van der Waals surface area contributed by atoms with Gasteiger partial charge in [-0.05, 0) is 67.8 Å². The van der Waals surface area contributed by atoms with Crippen LogP contribution in [0.15, 0.2) is 22.7 Å². The van der Waals surface area contributed by atoms with Gasteiger partial charge in [-0.25, -0.2) is 0 Å². The fraction of sp³-hybridized carbons (Fsp3) is 0.625. The number of rotatable bonds is 5. The third kappa shape index (κ3) is 4.10. The Balaban J connectivity index is 1.79. The van der Waals surface area contributed by atoms with Gasteiger partial charge in [-0.2, -0.15) is 0 Å². The van der Waals surface area contributed by atoms with E-state index in [1.54, 1.807) is 0 Å². The molecule has 0 amide bonds. The molecule has 0 radical (unpaired) electrons. The van der Waals surface area contributed by atoms with Gasteiger partial charge in [0.25, 0.3) is 0 Å². The van der Waals surface area contributed by atoms with Crippen molar-refractivity contribution in [3.63, 3.8) is 0 Å². The van der Waals surface area contributed by atoms with Crippen molar-refractivity contribution in [1.82, 2.24) is 5.32 Å². The van der Waals surface area contributed by atoms with Crippen LogP contribution in [-0.4, -0.2) is 12.6 Å². The molecule has 1 aliphatic rings. The minimum Gasteiger partial charge on any atom is -0.314 e. The maximum Gasteiger partial charge on any atom is 0.0178 e. The summed E-state index contributed by atoms with van der Waals surface area (Å²) in [6, 6.07) is 7.41. The Labute approximate surface area is 119 Å². The predicted octanol–water partition coefficient (Wildman–Crippen LogP) is 4.33. The zero-order chi connectivity index (χ0) is 13.0. The summed E-state index contributed by atoms with van der Waals surface area (Å²) in [6.07, 6.45) is 6.34. The van der Waals surface area contributed by atoms with Crippen LogP contribution in [0.4, 0.5) is 0 Å². The number of fused-ring (bicyclic) bond motifs is 1. The van der Waals surface area contributed by atoms with Gasteiger partial charge in [-0.15, -0.1) is 0 Å². The summed E-state index contributed by atoms with van der Waals surface area (Å²) in [4.78, 5) is 0. The lowest BCUT2D eigenvalue weighted by Crippen LogP contribution is -2.35. The van der Waals surface area contributed by atoms with E-state index in [2.05, 4.69) is 53.3 Å². The Morgan fingerprint density at radius 2 is 2.17 bits per heavy atom. The smallest absolute Gasteiger partial charge is 0.0178 e. The summed E-state index contributed by atoms with van der Waals surface area (Å²) in [5, 5.41) is 3.72. The number of halogens is 1. The Hall–Kier alpha value is -0.340. The van der Waals surface area contributed by atoms with E-state index in [1.807, 2.05) is 0 Å². The fourth-order valence-corrected chi connectivity index (χ4v) is 3.12. The van der Waals surface area contributed by atoms with Gasteiger partial charge in [0, 0.05) is 10.5 Å². The zero-order valence-corrected chi connectivity index (χ0v) is 13.1. The monoisotopic (exact) mass is 309 g/mol. The predicted molar refractivity (Wildman–Crippen MR) is 82.0 cm³/mol. The van der Waals surface area contributed by atoms with Crippen LogP contribution in [0, 0.1) is 5.92 Å². The molecule has 1 unspecified atom stereocenters. The van der Waals surface area contributed by atoms with Crippen molar-refractivity contribution in [3.8, 4) is 0 Å². The van der Waals surface area contributed by atoms with E-state index in [0.717, 1.165) is 5.92 Å². The van der Waals surface area contributed by atoms with Gasteiger partial charge in [-0.3, -0.25) is 0 Å². The van der Waals surface area contributed by atoms with E-state index in [1.165, 1.54) is 54.2 Å². The lowest BCUT2D eigenvalue weighted by Gasteiger charge is -2.26. The number of benzene rings is 1. The fourth-order valence-electron chi connectivity index (χ4n) is 2.71. The van der Waals surface area contributed by atoms with Gasteiger partial charge in [0.15, 0.2) is 0 Å². The van der Waals surface area contributed by atoms with Crippen molar-refractivity contribution in [2.24, 2.45) is 5.92 Å². The molecule has 2 heteroatoms. The highest BCUT2D eigenvalue weighted by molar-refractivity contribution is 9.10. The number of hydrogen-bond donors (Lipinski definition) is 1. The van der Waals surface area contributed by atoms with Gasteiger partial charge < -0.3 is 5.32 Å². The van der Waals surface area contributed by atoms with Gasteiger partial charge >= 0.3 is 0 Å². The normalized spacial score (nSPS) is 19.0. The molecule has 18 heavy (non-hydrogen) atoms. The second kappa shape index (κ2) is 6.72. The first-order valence-electron chi connectivity index (χ1n) is 7.16. The third-order valence-corrected chi connectivity index (χ3v) is 4.28. The molecule has 0 saturated carbocycles. The molecule has 1 aromatic carbocycles. The number of aryl methyl sites for hydroxylation is 1. The molecular weight excluding hydrogens is 286 g/mol. The summed E-state index contributed by atoms with van der Waals surface area (Å²) in [5.41, 5.74) is 3.07. The highest BCUT2D eigenvalue weighted by atomic mass is 79.9. The third-order valence-electron chi connectivity index (χ3n) is 3.79. The average Bonchev–Trinajstić information content (AvgIpc) is 2.34. The molecule has 2 rings (SSSR count). The second-order valence-corrected chi connectivity index (χ2v) is 6.76. The second-order valence-electron chi connectivity index (χ2n) is 5.84. The molecule has 0 spiro atoms. The molecular formula is C16H24BrN. The maximum atomic E-state index is 3.72. The molecule has 1 atom stereocenters. The van der Waals surface area contributed by atoms with Crippen LogP contribution in [0.3, 0.4) is 0 Å². The molecule has 1 aliphatic carbocycles. The molecule has 100 valence electrons. The van der Waals surface area contributed by atoms with Crippen LogP contribution in [0.1, 0.15) is 44.2 Å². The average molecular weight is 310 g/mol. The summed E-state index contributed by atoms with van der Waals surface area (Å²) in [5.74, 6) is 0.830. The van der Waals surface area contributed by atoms with Gasteiger partial charge in [0.2, 0.25) is 0 Å². The number of hydrogen-bond acceptors (Lipinski definition) is 1. The van der Waals surface area contributed by atoms with Crippen molar-refractivity contribution in [2.45, 2.75) is 52.0 Å². The minimum absolute atomic E-state index is 0.686. The number of nitrogens with one attached hydrogen (secondary N) is 1. The van der Waals surface area contributed by atoms with Crippen molar-refractivity contribution >= 4 is 15.9 Å². The zero-order valence-electron chi connectivity index (χ0n) is 11.5. The SMILES string of the molecule is CC(C)CCCNC1CCc2cc(Br)ccc2C1. The van der Waals surface area contributed by atoms with E-state index in [-0.39, 0.29) is 0 Å². The topological polar surface area (TPSA) is 12.0 Å². The quantitative estimate of drug-likeness (QED) is 0.798. The van der Waals surface area contributed by atoms with Crippen molar-refractivity contribution in [2.75, 3.05) is 6.54 Å².